The van der Waals surface area contributed by atoms with Crippen LogP contribution in [0.1, 0.15) is 20.8 Å². The fraction of sp³-hybridized carbons (Fsp3) is 0.667. The van der Waals surface area contributed by atoms with Gasteiger partial charge in [0.2, 0.25) is 0 Å². The molecule has 0 saturated heterocycles. The second-order valence-electron chi connectivity index (χ2n) is 2.48. The monoisotopic (exact) mass is 128 g/mol. The van der Waals surface area contributed by atoms with E-state index in [1.54, 1.807) is 0 Å². The van der Waals surface area contributed by atoms with E-state index in [1.165, 1.54) is 5.98 Å². The van der Waals surface area contributed by atoms with Crippen molar-refractivity contribution in [3.05, 3.63) is 11.5 Å². The van der Waals surface area contributed by atoms with Gasteiger partial charge in [0.1, 0.15) is 0 Å². The summed E-state index contributed by atoms with van der Waals surface area (Å²) in [6, 6.07) is 0. The zero-order valence-electron chi connectivity index (χ0n) is 6.13. The molecule has 0 aromatic rings. The SMILES string of the molecule is C/C(=C/B(O)O)C(C)C. The average molecular weight is 128 g/mol. The van der Waals surface area contributed by atoms with E-state index in [4.69, 9.17) is 10.0 Å². The molecule has 0 spiro atoms. The minimum Gasteiger partial charge on any atom is -0.424 e. The molecular weight excluding hydrogens is 115 g/mol. The van der Waals surface area contributed by atoms with E-state index >= 15 is 0 Å². The van der Waals surface area contributed by atoms with Crippen LogP contribution in [0.25, 0.3) is 0 Å². The lowest BCUT2D eigenvalue weighted by Gasteiger charge is -2.02. The predicted molar refractivity (Wildman–Crippen MR) is 38.8 cm³/mol. The molecule has 2 N–H and O–H groups in total. The van der Waals surface area contributed by atoms with Crippen LogP contribution < -0.4 is 0 Å². The summed E-state index contributed by atoms with van der Waals surface area (Å²) in [6.07, 6.45) is 0. The van der Waals surface area contributed by atoms with Crippen molar-refractivity contribution in [3.63, 3.8) is 0 Å². The van der Waals surface area contributed by atoms with Crippen LogP contribution in [0.2, 0.25) is 0 Å². The zero-order chi connectivity index (χ0) is 7.44. The fourth-order valence-corrected chi connectivity index (χ4v) is 0.428. The van der Waals surface area contributed by atoms with Gasteiger partial charge < -0.3 is 10.0 Å². The smallest absolute Gasteiger partial charge is 0.424 e. The average Bonchev–Trinajstić information content (AvgIpc) is 1.63. The summed E-state index contributed by atoms with van der Waals surface area (Å²) in [7, 11) is -1.30. The molecule has 0 aliphatic heterocycles. The number of allylic oxidation sites excluding steroid dienone is 1. The highest BCUT2D eigenvalue weighted by molar-refractivity contribution is 6.47. The second-order valence-corrected chi connectivity index (χ2v) is 2.48. The van der Waals surface area contributed by atoms with Gasteiger partial charge in [-0.15, -0.1) is 0 Å². The van der Waals surface area contributed by atoms with Crippen LogP contribution in [0, 0.1) is 5.92 Å². The van der Waals surface area contributed by atoms with E-state index in [1.807, 2.05) is 20.8 Å². The maximum absolute atomic E-state index is 8.45. The van der Waals surface area contributed by atoms with Gasteiger partial charge >= 0.3 is 7.12 Å². The van der Waals surface area contributed by atoms with Crippen LogP contribution in [0.5, 0.6) is 0 Å². The first-order valence-corrected chi connectivity index (χ1v) is 3.08. The van der Waals surface area contributed by atoms with Gasteiger partial charge in [-0.3, -0.25) is 0 Å². The summed E-state index contributed by atoms with van der Waals surface area (Å²) < 4.78 is 0. The third-order valence-electron chi connectivity index (χ3n) is 1.32. The molecule has 3 heteroatoms. The van der Waals surface area contributed by atoms with Gasteiger partial charge in [0, 0.05) is 0 Å². The van der Waals surface area contributed by atoms with Gasteiger partial charge in [-0.25, -0.2) is 0 Å². The molecule has 2 nitrogen and oxygen atoms in total. The van der Waals surface area contributed by atoms with Crippen molar-refractivity contribution in [1.29, 1.82) is 0 Å². The van der Waals surface area contributed by atoms with Crippen molar-refractivity contribution in [2.75, 3.05) is 0 Å². The molecule has 9 heavy (non-hydrogen) atoms. The molecule has 0 aromatic carbocycles. The normalized spacial score (nSPS) is 12.4. The number of hydrogen-bond acceptors (Lipinski definition) is 2. The molecule has 0 aliphatic rings. The van der Waals surface area contributed by atoms with E-state index in [0.29, 0.717) is 5.92 Å². The largest absolute Gasteiger partial charge is 0.480 e. The molecule has 0 unspecified atom stereocenters. The van der Waals surface area contributed by atoms with E-state index in [2.05, 4.69) is 0 Å². The number of rotatable bonds is 2. The second kappa shape index (κ2) is 3.69. The highest BCUT2D eigenvalue weighted by Crippen LogP contribution is 2.06. The Bertz CT molecular complexity index is 108. The quantitative estimate of drug-likeness (QED) is 0.534. The van der Waals surface area contributed by atoms with Crippen LogP contribution in [0.3, 0.4) is 0 Å². The Morgan fingerprint density at radius 3 is 2.00 bits per heavy atom. The summed E-state index contributed by atoms with van der Waals surface area (Å²) in [5.41, 5.74) is 1.00. The van der Waals surface area contributed by atoms with Gasteiger partial charge in [0.05, 0.1) is 0 Å². The van der Waals surface area contributed by atoms with Crippen molar-refractivity contribution in [1.82, 2.24) is 0 Å². The lowest BCUT2D eigenvalue weighted by molar-refractivity contribution is 0.423. The summed E-state index contributed by atoms with van der Waals surface area (Å²) >= 11 is 0. The Morgan fingerprint density at radius 2 is 1.89 bits per heavy atom. The summed E-state index contributed by atoms with van der Waals surface area (Å²) in [6.45, 7) is 5.90. The first-order chi connectivity index (χ1) is 4.04. The van der Waals surface area contributed by atoms with Gasteiger partial charge in [-0.05, 0) is 12.8 Å². The van der Waals surface area contributed by atoms with Crippen molar-refractivity contribution in [2.45, 2.75) is 20.8 Å². The van der Waals surface area contributed by atoms with Gasteiger partial charge in [-0.1, -0.05) is 25.4 Å². The summed E-state index contributed by atoms with van der Waals surface area (Å²) in [5, 5.41) is 16.9. The molecule has 0 fully saturated rings. The molecule has 0 radical (unpaired) electrons. The van der Waals surface area contributed by atoms with Gasteiger partial charge in [-0.2, -0.15) is 0 Å². The molecule has 0 atom stereocenters. The van der Waals surface area contributed by atoms with Gasteiger partial charge in [0.15, 0.2) is 0 Å². The maximum Gasteiger partial charge on any atom is 0.480 e. The third-order valence-corrected chi connectivity index (χ3v) is 1.32. The molecule has 0 aromatic heterocycles. The molecule has 52 valence electrons. The Balaban J connectivity index is 3.84. The van der Waals surface area contributed by atoms with Crippen molar-refractivity contribution < 1.29 is 10.0 Å². The van der Waals surface area contributed by atoms with E-state index < -0.39 is 7.12 Å². The van der Waals surface area contributed by atoms with Crippen molar-refractivity contribution in [2.24, 2.45) is 5.92 Å². The number of hydrogen-bond donors (Lipinski definition) is 2. The van der Waals surface area contributed by atoms with E-state index in [-0.39, 0.29) is 0 Å². The Labute approximate surface area is 56.4 Å². The van der Waals surface area contributed by atoms with Crippen LogP contribution in [-0.4, -0.2) is 17.2 Å². The van der Waals surface area contributed by atoms with Crippen LogP contribution in [0.15, 0.2) is 11.5 Å². The first-order valence-electron chi connectivity index (χ1n) is 3.08. The minimum absolute atomic E-state index is 0.395. The zero-order valence-corrected chi connectivity index (χ0v) is 6.13. The lowest BCUT2D eigenvalue weighted by atomic mass is 9.86. The van der Waals surface area contributed by atoms with Crippen LogP contribution in [0.4, 0.5) is 0 Å². The topological polar surface area (TPSA) is 40.5 Å². The van der Waals surface area contributed by atoms with Gasteiger partial charge in [0.25, 0.3) is 0 Å². The highest BCUT2D eigenvalue weighted by atomic mass is 16.4. The Morgan fingerprint density at radius 1 is 1.44 bits per heavy atom. The van der Waals surface area contributed by atoms with Crippen LogP contribution in [-0.2, 0) is 0 Å². The predicted octanol–water partition coefficient (Wildman–Crippen LogP) is 0.601. The standard InChI is InChI=1S/C6H13BO2/c1-5(2)6(3)4-7(8)9/h4-5,8-9H,1-3H3/b6-4-. The Hall–Kier alpha value is -0.275. The molecular formula is C6H13BO2. The van der Waals surface area contributed by atoms with E-state index in [0.717, 1.165) is 5.57 Å². The molecule has 0 heterocycles. The molecule has 0 bridgehead atoms. The highest BCUT2D eigenvalue weighted by Gasteiger charge is 2.03. The van der Waals surface area contributed by atoms with Crippen LogP contribution >= 0.6 is 0 Å². The summed E-state index contributed by atoms with van der Waals surface area (Å²) in [5.74, 6) is 1.83. The molecule has 0 aliphatic carbocycles. The first kappa shape index (κ1) is 8.72. The maximum atomic E-state index is 8.45. The Kier molecular flexibility index (Phi) is 3.58. The van der Waals surface area contributed by atoms with Crippen molar-refractivity contribution >= 4 is 7.12 Å². The molecule has 0 amide bonds. The van der Waals surface area contributed by atoms with E-state index in [9.17, 15) is 0 Å². The summed E-state index contributed by atoms with van der Waals surface area (Å²) in [4.78, 5) is 0. The fourth-order valence-electron chi connectivity index (χ4n) is 0.428. The molecule has 0 rings (SSSR count). The van der Waals surface area contributed by atoms with Crippen molar-refractivity contribution in [3.8, 4) is 0 Å². The lowest BCUT2D eigenvalue weighted by Crippen LogP contribution is -2.08. The minimum atomic E-state index is -1.30. The molecule has 0 saturated carbocycles. The third kappa shape index (κ3) is 4.24.